The van der Waals surface area contributed by atoms with E-state index in [1.807, 2.05) is 30.9 Å². The molecular weight excluding hydrogens is 336 g/mol. The Bertz CT molecular complexity index is 539. The molecule has 0 spiro atoms. The van der Waals surface area contributed by atoms with Crippen LogP contribution in [-0.4, -0.2) is 15.3 Å². The number of benzene rings is 1. The highest BCUT2D eigenvalue weighted by molar-refractivity contribution is 7.99. The molecule has 0 amide bonds. The lowest BCUT2D eigenvalue weighted by atomic mass is 10.1. The number of thioether (sulfide) groups is 1. The average Bonchev–Trinajstić information content (AvgIpc) is 3.10. The largest absolute Gasteiger partial charge is 0.337 e. The van der Waals surface area contributed by atoms with Crippen LogP contribution in [0.4, 0.5) is 0 Å². The van der Waals surface area contributed by atoms with Crippen molar-refractivity contribution in [3.05, 3.63) is 53.6 Å². The Morgan fingerprint density at radius 1 is 1.08 bits per heavy atom. The van der Waals surface area contributed by atoms with Crippen LogP contribution in [0.3, 0.4) is 0 Å². The fourth-order valence-corrected chi connectivity index (χ4v) is 4.30. The van der Waals surface area contributed by atoms with Gasteiger partial charge in [0.1, 0.15) is 0 Å². The van der Waals surface area contributed by atoms with Gasteiger partial charge in [0.2, 0.25) is 0 Å². The van der Waals surface area contributed by atoms with E-state index in [4.69, 9.17) is 11.6 Å². The first-order valence-corrected chi connectivity index (χ1v) is 10.5. The fourth-order valence-electron chi connectivity index (χ4n) is 2.83. The van der Waals surface area contributed by atoms with Gasteiger partial charge >= 0.3 is 0 Å². The monoisotopic (exact) mass is 364 g/mol. The Balaban J connectivity index is 1.80. The number of imidazole rings is 1. The molecule has 24 heavy (non-hydrogen) atoms. The number of hydrogen-bond donors (Lipinski definition) is 0. The van der Waals surface area contributed by atoms with Gasteiger partial charge in [0.25, 0.3) is 0 Å². The van der Waals surface area contributed by atoms with Crippen molar-refractivity contribution in [1.82, 2.24) is 9.55 Å². The molecule has 0 aliphatic heterocycles. The maximum atomic E-state index is 6.05. The lowest BCUT2D eigenvalue weighted by Gasteiger charge is -2.17. The summed E-state index contributed by atoms with van der Waals surface area (Å²) in [5, 5.41) is 1.39. The molecule has 0 saturated heterocycles. The van der Waals surface area contributed by atoms with Crippen LogP contribution >= 0.6 is 23.4 Å². The summed E-state index contributed by atoms with van der Waals surface area (Å²) in [4.78, 5) is 4.12. The molecule has 0 aliphatic carbocycles. The normalized spacial score (nSPS) is 12.4. The summed E-state index contributed by atoms with van der Waals surface area (Å²) >= 11 is 8.15. The van der Waals surface area contributed by atoms with E-state index in [1.54, 1.807) is 0 Å². The van der Waals surface area contributed by atoms with Crippen LogP contribution in [0.15, 0.2) is 43.0 Å². The van der Waals surface area contributed by atoms with Crippen molar-refractivity contribution >= 4 is 23.4 Å². The molecule has 0 saturated carbocycles. The topological polar surface area (TPSA) is 17.8 Å². The molecule has 4 heteroatoms. The predicted octanol–water partition coefficient (Wildman–Crippen LogP) is 6.76. The zero-order valence-electron chi connectivity index (χ0n) is 14.7. The molecule has 1 atom stereocenters. The maximum Gasteiger partial charge on any atom is 0.0945 e. The van der Waals surface area contributed by atoms with Crippen molar-refractivity contribution in [2.75, 3.05) is 5.75 Å². The molecule has 0 bridgehead atoms. The van der Waals surface area contributed by atoms with Gasteiger partial charge in [-0.1, -0.05) is 56.3 Å². The van der Waals surface area contributed by atoms with Gasteiger partial charge in [-0.15, -0.1) is 0 Å². The van der Waals surface area contributed by atoms with E-state index < -0.39 is 0 Å². The van der Waals surface area contributed by atoms with Crippen LogP contribution in [0, 0.1) is 0 Å². The first-order valence-electron chi connectivity index (χ1n) is 9.12. The van der Waals surface area contributed by atoms with Gasteiger partial charge < -0.3 is 4.57 Å². The Kier molecular flexibility index (Phi) is 9.37. The van der Waals surface area contributed by atoms with E-state index in [0.29, 0.717) is 5.25 Å². The van der Waals surface area contributed by atoms with Crippen LogP contribution in [0.1, 0.15) is 62.7 Å². The van der Waals surface area contributed by atoms with E-state index in [2.05, 4.69) is 40.4 Å². The Morgan fingerprint density at radius 2 is 1.88 bits per heavy atom. The van der Waals surface area contributed by atoms with E-state index in [0.717, 1.165) is 11.6 Å². The highest BCUT2D eigenvalue weighted by Crippen LogP contribution is 2.34. The zero-order valence-corrected chi connectivity index (χ0v) is 16.2. The molecule has 2 rings (SSSR count). The molecular formula is C20H29ClN2S. The van der Waals surface area contributed by atoms with Gasteiger partial charge in [0.05, 0.1) is 6.33 Å². The summed E-state index contributed by atoms with van der Waals surface area (Å²) in [5.74, 6) is 1.25. The van der Waals surface area contributed by atoms with Gasteiger partial charge in [-0.3, -0.25) is 0 Å². The number of rotatable bonds is 12. The van der Waals surface area contributed by atoms with Crippen molar-refractivity contribution in [1.29, 1.82) is 0 Å². The van der Waals surface area contributed by atoms with Gasteiger partial charge in [-0.25, -0.2) is 4.98 Å². The van der Waals surface area contributed by atoms with Crippen molar-refractivity contribution < 1.29 is 0 Å². The number of halogens is 1. The molecule has 2 nitrogen and oxygen atoms in total. The lowest BCUT2D eigenvalue weighted by Crippen LogP contribution is -2.00. The van der Waals surface area contributed by atoms with Gasteiger partial charge in [0, 0.05) is 29.2 Å². The molecule has 1 aromatic heterocycles. The first-order chi connectivity index (χ1) is 11.8. The van der Waals surface area contributed by atoms with Crippen LogP contribution in [0.5, 0.6) is 0 Å². The average molecular weight is 365 g/mol. The summed E-state index contributed by atoms with van der Waals surface area (Å²) < 4.78 is 2.16. The number of unbranched alkanes of at least 4 members (excludes halogenated alkanes) is 4. The van der Waals surface area contributed by atoms with E-state index in [-0.39, 0.29) is 0 Å². The van der Waals surface area contributed by atoms with E-state index in [1.165, 1.54) is 56.3 Å². The predicted molar refractivity (Wildman–Crippen MR) is 107 cm³/mol. The number of aromatic nitrogens is 2. The maximum absolute atomic E-state index is 6.05. The summed E-state index contributed by atoms with van der Waals surface area (Å²) in [6.45, 7) is 3.31. The highest BCUT2D eigenvalue weighted by atomic mass is 35.5. The van der Waals surface area contributed by atoms with Crippen molar-refractivity contribution in [3.63, 3.8) is 0 Å². The number of aryl methyl sites for hydroxylation is 1. The number of hydrogen-bond acceptors (Lipinski definition) is 2. The second-order valence-electron chi connectivity index (χ2n) is 6.27. The smallest absolute Gasteiger partial charge is 0.0945 e. The van der Waals surface area contributed by atoms with E-state index >= 15 is 0 Å². The quantitative estimate of drug-likeness (QED) is 0.387. The summed E-state index contributed by atoms with van der Waals surface area (Å²) in [5.41, 5.74) is 1.41. The molecule has 1 aromatic carbocycles. The molecule has 0 N–H and O–H groups in total. The fraction of sp³-hybridized carbons (Fsp3) is 0.550. The standard InChI is InChI=1S/C20H29ClN2S/c1-2-3-4-5-6-16-24-20(18-9-11-19(21)12-10-18)8-7-14-23-15-13-22-17-23/h9-13,15,17,20H,2-8,14,16H2,1H3. The van der Waals surface area contributed by atoms with Crippen LogP contribution in [-0.2, 0) is 6.54 Å². The Hall–Kier alpha value is -0.930. The lowest BCUT2D eigenvalue weighted by molar-refractivity contribution is 0.603. The number of nitrogens with zero attached hydrogens (tertiary/aromatic N) is 2. The molecule has 0 radical (unpaired) electrons. The minimum atomic E-state index is 0.567. The van der Waals surface area contributed by atoms with Crippen molar-refractivity contribution in [2.24, 2.45) is 0 Å². The van der Waals surface area contributed by atoms with Crippen LogP contribution in [0.2, 0.25) is 5.02 Å². The zero-order chi connectivity index (χ0) is 17.0. The molecule has 1 unspecified atom stereocenters. The van der Waals surface area contributed by atoms with Crippen molar-refractivity contribution in [2.45, 2.75) is 63.7 Å². The third-order valence-electron chi connectivity index (χ3n) is 4.25. The molecule has 1 heterocycles. The minimum absolute atomic E-state index is 0.567. The van der Waals surface area contributed by atoms with Gasteiger partial charge in [0.15, 0.2) is 0 Å². The molecule has 2 aromatic rings. The summed E-state index contributed by atoms with van der Waals surface area (Å²) in [6, 6.07) is 8.41. The Labute approximate surface area is 156 Å². The molecule has 132 valence electrons. The second-order valence-corrected chi connectivity index (χ2v) is 8.01. The summed E-state index contributed by atoms with van der Waals surface area (Å²) in [6.07, 6.45) is 14.9. The van der Waals surface area contributed by atoms with Gasteiger partial charge in [-0.05, 0) is 42.7 Å². The summed E-state index contributed by atoms with van der Waals surface area (Å²) in [7, 11) is 0. The first kappa shape index (κ1) is 19.4. The molecule has 0 aliphatic rings. The van der Waals surface area contributed by atoms with Crippen LogP contribution in [0.25, 0.3) is 0 Å². The highest BCUT2D eigenvalue weighted by Gasteiger charge is 2.12. The third kappa shape index (κ3) is 7.31. The SMILES string of the molecule is CCCCCCCSC(CCCn1ccnc1)c1ccc(Cl)cc1. The molecule has 0 fully saturated rings. The van der Waals surface area contributed by atoms with E-state index in [9.17, 15) is 0 Å². The van der Waals surface area contributed by atoms with Crippen LogP contribution < -0.4 is 0 Å². The Morgan fingerprint density at radius 3 is 2.58 bits per heavy atom. The second kappa shape index (κ2) is 11.6. The minimum Gasteiger partial charge on any atom is -0.337 e. The van der Waals surface area contributed by atoms with Gasteiger partial charge in [-0.2, -0.15) is 11.8 Å². The third-order valence-corrected chi connectivity index (χ3v) is 5.94. The van der Waals surface area contributed by atoms with Crippen molar-refractivity contribution in [3.8, 4) is 0 Å².